The van der Waals surface area contributed by atoms with Crippen molar-refractivity contribution < 1.29 is 13.2 Å². The maximum Gasteiger partial charge on any atom is 0.255 e. The second-order valence-corrected chi connectivity index (χ2v) is 9.22. The molecule has 0 aliphatic heterocycles. The molecular formula is C16H14N2O3S3. The predicted octanol–water partition coefficient (Wildman–Crippen LogP) is 3.67. The first-order valence-corrected chi connectivity index (χ1v) is 10.9. The van der Waals surface area contributed by atoms with Gasteiger partial charge in [-0.05, 0) is 48.7 Å². The normalized spacial score (nSPS) is 11.6. The molecule has 0 bridgehead atoms. The number of hydrogen-bond donors (Lipinski definition) is 1. The van der Waals surface area contributed by atoms with Crippen LogP contribution >= 0.6 is 23.1 Å². The fourth-order valence-electron chi connectivity index (χ4n) is 2.13. The molecule has 1 aromatic heterocycles. The van der Waals surface area contributed by atoms with E-state index in [1.54, 1.807) is 29.2 Å². The lowest BCUT2D eigenvalue weighted by Crippen LogP contribution is -2.12. The number of hydrogen-bond acceptors (Lipinski definition) is 6. The second kappa shape index (κ2) is 6.54. The number of carbonyl (C=O) groups is 1. The molecule has 0 saturated heterocycles. The molecule has 1 heterocycles. The number of nitrogens with zero attached hydrogens (tertiary/aromatic N) is 1. The molecule has 0 atom stereocenters. The fourth-order valence-corrected chi connectivity index (χ4v) is 4.28. The zero-order valence-corrected chi connectivity index (χ0v) is 15.4. The summed E-state index contributed by atoms with van der Waals surface area (Å²) in [6.07, 6.45) is 3.11. The first kappa shape index (κ1) is 16.9. The average Bonchev–Trinajstić information content (AvgIpc) is 2.96. The van der Waals surface area contributed by atoms with Crippen molar-refractivity contribution in [1.82, 2.24) is 4.98 Å². The Hall–Kier alpha value is -1.90. The maximum absolute atomic E-state index is 12.3. The van der Waals surface area contributed by atoms with Gasteiger partial charge < -0.3 is 5.32 Å². The predicted molar refractivity (Wildman–Crippen MR) is 98.9 cm³/mol. The Kier molecular flexibility index (Phi) is 4.62. The summed E-state index contributed by atoms with van der Waals surface area (Å²) in [5, 5.41) is 2.82. The van der Waals surface area contributed by atoms with Gasteiger partial charge in [0.05, 0.1) is 15.1 Å². The Morgan fingerprint density at radius 3 is 2.50 bits per heavy atom. The lowest BCUT2D eigenvalue weighted by atomic mass is 10.2. The molecule has 0 aliphatic carbocycles. The minimum Gasteiger partial charge on any atom is -0.322 e. The number of thioether (sulfide) groups is 1. The number of fused-ring (bicyclic) bond motifs is 1. The minimum atomic E-state index is -3.27. The molecule has 5 nitrogen and oxygen atoms in total. The summed E-state index contributed by atoms with van der Waals surface area (Å²) in [7, 11) is -3.27. The van der Waals surface area contributed by atoms with E-state index in [1.165, 1.54) is 24.3 Å². The van der Waals surface area contributed by atoms with Crippen LogP contribution in [0.3, 0.4) is 0 Å². The van der Waals surface area contributed by atoms with Gasteiger partial charge in [0.2, 0.25) is 0 Å². The van der Waals surface area contributed by atoms with Gasteiger partial charge in [-0.3, -0.25) is 4.79 Å². The van der Waals surface area contributed by atoms with Gasteiger partial charge >= 0.3 is 0 Å². The van der Waals surface area contributed by atoms with Crippen molar-refractivity contribution >= 4 is 54.7 Å². The van der Waals surface area contributed by atoms with E-state index in [9.17, 15) is 13.2 Å². The summed E-state index contributed by atoms with van der Waals surface area (Å²) in [4.78, 5) is 16.9. The summed E-state index contributed by atoms with van der Waals surface area (Å²) in [5.41, 5.74) is 1.98. The molecule has 124 valence electrons. The quantitative estimate of drug-likeness (QED) is 0.701. The van der Waals surface area contributed by atoms with Crippen molar-refractivity contribution in [2.45, 2.75) is 9.24 Å². The number of nitrogens with one attached hydrogen (secondary N) is 1. The summed E-state index contributed by atoms with van der Waals surface area (Å²) >= 11 is 3.16. The molecular weight excluding hydrogens is 364 g/mol. The third-order valence-corrected chi connectivity index (χ3v) is 6.48. The van der Waals surface area contributed by atoms with Crippen LogP contribution in [-0.2, 0) is 9.84 Å². The Balaban J connectivity index is 1.81. The Morgan fingerprint density at radius 2 is 1.88 bits per heavy atom. The van der Waals surface area contributed by atoms with E-state index in [0.717, 1.165) is 20.8 Å². The van der Waals surface area contributed by atoms with Crippen LogP contribution in [0.1, 0.15) is 10.4 Å². The zero-order chi connectivity index (χ0) is 17.3. The van der Waals surface area contributed by atoms with Crippen LogP contribution in [0.15, 0.2) is 51.7 Å². The number of rotatable bonds is 4. The molecule has 0 unspecified atom stereocenters. The van der Waals surface area contributed by atoms with E-state index in [1.807, 2.05) is 18.4 Å². The van der Waals surface area contributed by atoms with Gasteiger partial charge in [-0.2, -0.15) is 0 Å². The van der Waals surface area contributed by atoms with Crippen LogP contribution in [-0.4, -0.2) is 31.8 Å². The molecule has 0 aliphatic rings. The highest BCUT2D eigenvalue weighted by Gasteiger charge is 2.11. The van der Waals surface area contributed by atoms with Gasteiger partial charge in [0.25, 0.3) is 5.91 Å². The maximum atomic E-state index is 12.3. The Bertz CT molecular complexity index is 1010. The number of benzene rings is 2. The van der Waals surface area contributed by atoms with Gasteiger partial charge in [0.15, 0.2) is 14.2 Å². The molecule has 3 aromatic rings. The van der Waals surface area contributed by atoms with Gasteiger partial charge in [-0.25, -0.2) is 13.4 Å². The highest BCUT2D eigenvalue weighted by atomic mass is 32.2. The minimum absolute atomic E-state index is 0.190. The number of carbonyl (C=O) groups excluding carboxylic acids is 1. The van der Waals surface area contributed by atoms with E-state index in [2.05, 4.69) is 10.3 Å². The average molecular weight is 379 g/mol. The van der Waals surface area contributed by atoms with Gasteiger partial charge in [-0.15, -0.1) is 11.3 Å². The first-order chi connectivity index (χ1) is 11.4. The van der Waals surface area contributed by atoms with E-state index in [0.29, 0.717) is 11.3 Å². The number of aromatic nitrogens is 1. The molecule has 8 heteroatoms. The van der Waals surface area contributed by atoms with E-state index in [4.69, 9.17) is 0 Å². The van der Waals surface area contributed by atoms with Crippen LogP contribution in [0.4, 0.5) is 5.69 Å². The molecule has 1 N–H and O–H groups in total. The smallest absolute Gasteiger partial charge is 0.255 e. The van der Waals surface area contributed by atoms with E-state index < -0.39 is 9.84 Å². The standard InChI is InChI=1S/C16H14N2O3S3/c1-22-16-18-13-8-5-11(9-14(13)23-16)17-15(19)10-3-6-12(7-4-10)24(2,20)21/h3-9H,1-2H3,(H,17,19). The summed E-state index contributed by atoms with van der Waals surface area (Å²) < 4.78 is 24.9. The van der Waals surface area contributed by atoms with E-state index >= 15 is 0 Å². The Labute approximate surface area is 148 Å². The molecule has 24 heavy (non-hydrogen) atoms. The molecule has 2 aromatic carbocycles. The van der Waals surface area contributed by atoms with Gasteiger partial charge in [0, 0.05) is 17.5 Å². The topological polar surface area (TPSA) is 76.1 Å². The van der Waals surface area contributed by atoms with Crippen molar-refractivity contribution in [2.24, 2.45) is 0 Å². The highest BCUT2D eigenvalue weighted by Crippen LogP contribution is 2.30. The summed E-state index contributed by atoms with van der Waals surface area (Å²) in [6.45, 7) is 0. The lowest BCUT2D eigenvalue weighted by molar-refractivity contribution is 0.102. The number of sulfone groups is 1. The number of anilines is 1. The van der Waals surface area contributed by atoms with Crippen molar-refractivity contribution in [3.63, 3.8) is 0 Å². The van der Waals surface area contributed by atoms with Crippen molar-refractivity contribution in [3.8, 4) is 0 Å². The summed E-state index contributed by atoms with van der Waals surface area (Å²) in [5.74, 6) is -0.288. The van der Waals surface area contributed by atoms with E-state index in [-0.39, 0.29) is 10.8 Å². The number of thiazole rings is 1. The van der Waals surface area contributed by atoms with Crippen LogP contribution in [0.25, 0.3) is 10.2 Å². The first-order valence-electron chi connectivity index (χ1n) is 6.93. The molecule has 0 radical (unpaired) electrons. The van der Waals surface area contributed by atoms with Crippen LogP contribution in [0.2, 0.25) is 0 Å². The molecule has 0 fully saturated rings. The highest BCUT2D eigenvalue weighted by molar-refractivity contribution is 8.00. The second-order valence-electron chi connectivity index (χ2n) is 5.12. The SMILES string of the molecule is CSc1nc2ccc(NC(=O)c3ccc(S(C)(=O)=O)cc3)cc2s1. The van der Waals surface area contributed by atoms with Crippen molar-refractivity contribution in [3.05, 3.63) is 48.0 Å². The molecule has 3 rings (SSSR count). The Morgan fingerprint density at radius 1 is 1.17 bits per heavy atom. The zero-order valence-electron chi connectivity index (χ0n) is 12.9. The third-order valence-electron chi connectivity index (χ3n) is 3.35. The largest absolute Gasteiger partial charge is 0.322 e. The molecule has 0 saturated carbocycles. The summed E-state index contributed by atoms with van der Waals surface area (Å²) in [6, 6.07) is 11.4. The lowest BCUT2D eigenvalue weighted by Gasteiger charge is -2.06. The monoisotopic (exact) mass is 378 g/mol. The van der Waals surface area contributed by atoms with Crippen molar-refractivity contribution in [1.29, 1.82) is 0 Å². The third kappa shape index (κ3) is 3.61. The molecule has 1 amide bonds. The van der Waals surface area contributed by atoms with Crippen molar-refractivity contribution in [2.75, 3.05) is 17.8 Å². The van der Waals surface area contributed by atoms with Crippen LogP contribution < -0.4 is 5.32 Å². The number of amides is 1. The fraction of sp³-hybridized carbons (Fsp3) is 0.125. The molecule has 0 spiro atoms. The van der Waals surface area contributed by atoms with Crippen LogP contribution in [0, 0.1) is 0 Å². The van der Waals surface area contributed by atoms with Gasteiger partial charge in [0.1, 0.15) is 0 Å². The van der Waals surface area contributed by atoms with Gasteiger partial charge in [-0.1, -0.05) is 11.8 Å². The van der Waals surface area contributed by atoms with Crippen LogP contribution in [0.5, 0.6) is 0 Å².